The van der Waals surface area contributed by atoms with Crippen molar-refractivity contribution in [2.75, 3.05) is 38.2 Å². The van der Waals surface area contributed by atoms with Gasteiger partial charge in [0.05, 0.1) is 22.6 Å². The summed E-state index contributed by atoms with van der Waals surface area (Å²) in [7, 11) is -2.17. The van der Waals surface area contributed by atoms with Crippen LogP contribution in [0.2, 0.25) is 0 Å². The fourth-order valence-electron chi connectivity index (χ4n) is 3.33. The largest absolute Gasteiger partial charge is 0.497 e. The number of thiazole rings is 1. The SMILES string of the molecule is COc1ccc(-c2csc(N3CCN(S(=O)(=O)c4cccc([N+](=O)[O-])c4)CC3)n2)cc1. The molecule has 1 aromatic heterocycles. The average molecular weight is 461 g/mol. The zero-order valence-electron chi connectivity index (χ0n) is 16.7. The lowest BCUT2D eigenvalue weighted by atomic mass is 10.2. The number of hydrogen-bond acceptors (Lipinski definition) is 8. The van der Waals surface area contributed by atoms with Gasteiger partial charge >= 0.3 is 0 Å². The van der Waals surface area contributed by atoms with Crippen molar-refractivity contribution in [2.45, 2.75) is 4.90 Å². The highest BCUT2D eigenvalue weighted by Crippen LogP contribution is 2.30. The van der Waals surface area contributed by atoms with E-state index in [1.807, 2.05) is 29.6 Å². The van der Waals surface area contributed by atoms with E-state index in [0.717, 1.165) is 28.2 Å². The Labute approximate surface area is 183 Å². The summed E-state index contributed by atoms with van der Waals surface area (Å²) in [5, 5.41) is 13.8. The predicted octanol–water partition coefficient (Wildman–Crippen LogP) is 3.24. The van der Waals surface area contributed by atoms with Crippen LogP contribution in [0, 0.1) is 10.1 Å². The fraction of sp³-hybridized carbons (Fsp3) is 0.250. The van der Waals surface area contributed by atoms with Crippen molar-refractivity contribution in [1.29, 1.82) is 0 Å². The number of non-ortho nitro benzene ring substituents is 1. The molecule has 1 saturated heterocycles. The highest BCUT2D eigenvalue weighted by molar-refractivity contribution is 7.89. The Balaban J connectivity index is 1.44. The molecule has 1 aliphatic rings. The monoisotopic (exact) mass is 460 g/mol. The van der Waals surface area contributed by atoms with E-state index in [2.05, 4.69) is 4.90 Å². The van der Waals surface area contributed by atoms with Gasteiger partial charge in [-0.2, -0.15) is 4.31 Å². The van der Waals surface area contributed by atoms with E-state index in [0.29, 0.717) is 13.1 Å². The zero-order valence-corrected chi connectivity index (χ0v) is 18.3. The van der Waals surface area contributed by atoms with Crippen LogP contribution in [0.25, 0.3) is 11.3 Å². The van der Waals surface area contributed by atoms with Crippen LogP contribution >= 0.6 is 11.3 Å². The number of nitro benzene ring substituents is 1. The smallest absolute Gasteiger partial charge is 0.270 e. The van der Waals surface area contributed by atoms with Crippen molar-refractivity contribution in [3.05, 3.63) is 64.0 Å². The summed E-state index contributed by atoms with van der Waals surface area (Å²) in [5.74, 6) is 0.778. The van der Waals surface area contributed by atoms with Gasteiger partial charge in [0.15, 0.2) is 5.13 Å². The standard InChI is InChI=1S/C20H20N4O5S2/c1-29-17-7-5-15(6-8-17)19-14-30-20(21-19)22-9-11-23(12-10-22)31(27,28)18-4-2-3-16(13-18)24(25)26/h2-8,13-14H,9-12H2,1H3. The summed E-state index contributed by atoms with van der Waals surface area (Å²) < 4.78 is 32.4. The molecule has 0 unspecified atom stereocenters. The maximum Gasteiger partial charge on any atom is 0.270 e. The van der Waals surface area contributed by atoms with Gasteiger partial charge in [0, 0.05) is 49.3 Å². The second kappa shape index (κ2) is 8.61. The first-order valence-corrected chi connectivity index (χ1v) is 11.8. The molecule has 31 heavy (non-hydrogen) atoms. The van der Waals surface area contributed by atoms with Crippen molar-refractivity contribution in [1.82, 2.24) is 9.29 Å². The number of ether oxygens (including phenoxy) is 1. The lowest BCUT2D eigenvalue weighted by molar-refractivity contribution is -0.385. The van der Waals surface area contributed by atoms with Crippen LogP contribution in [-0.4, -0.2) is 55.9 Å². The van der Waals surface area contributed by atoms with Crippen molar-refractivity contribution >= 4 is 32.2 Å². The third-order valence-electron chi connectivity index (χ3n) is 5.05. The van der Waals surface area contributed by atoms with Gasteiger partial charge in [0.1, 0.15) is 5.75 Å². The molecule has 1 fully saturated rings. The molecule has 2 heterocycles. The van der Waals surface area contributed by atoms with E-state index in [1.54, 1.807) is 7.11 Å². The number of aromatic nitrogens is 1. The molecule has 2 aromatic carbocycles. The molecular formula is C20H20N4O5S2. The van der Waals surface area contributed by atoms with Gasteiger partial charge in [-0.05, 0) is 30.3 Å². The van der Waals surface area contributed by atoms with Crippen LogP contribution < -0.4 is 9.64 Å². The third kappa shape index (κ3) is 4.38. The summed E-state index contributed by atoms with van der Waals surface area (Å²) >= 11 is 1.51. The van der Waals surface area contributed by atoms with Crippen LogP contribution in [-0.2, 0) is 10.0 Å². The molecule has 0 bridgehead atoms. The molecule has 9 nitrogen and oxygen atoms in total. The van der Waals surface area contributed by atoms with E-state index in [1.165, 1.54) is 33.8 Å². The molecule has 0 spiro atoms. The third-order valence-corrected chi connectivity index (χ3v) is 7.85. The molecule has 0 aliphatic carbocycles. The number of methoxy groups -OCH3 is 1. The first kappa shape index (κ1) is 21.2. The molecule has 0 amide bonds. The number of nitro groups is 1. The van der Waals surface area contributed by atoms with E-state index in [9.17, 15) is 18.5 Å². The van der Waals surface area contributed by atoms with Gasteiger partial charge < -0.3 is 9.64 Å². The highest BCUT2D eigenvalue weighted by atomic mass is 32.2. The number of sulfonamides is 1. The molecule has 0 atom stereocenters. The van der Waals surface area contributed by atoms with Crippen LogP contribution in [0.1, 0.15) is 0 Å². The Morgan fingerprint density at radius 2 is 1.81 bits per heavy atom. The molecule has 162 valence electrons. The predicted molar refractivity (Wildman–Crippen MR) is 118 cm³/mol. The quantitative estimate of drug-likeness (QED) is 0.411. The number of hydrogen-bond donors (Lipinski definition) is 0. The summed E-state index contributed by atoms with van der Waals surface area (Å²) in [6, 6.07) is 12.8. The number of benzene rings is 2. The lowest BCUT2D eigenvalue weighted by Gasteiger charge is -2.33. The zero-order chi connectivity index (χ0) is 22.0. The van der Waals surface area contributed by atoms with Gasteiger partial charge in [-0.15, -0.1) is 11.3 Å². The number of piperazine rings is 1. The van der Waals surface area contributed by atoms with Gasteiger partial charge in [0.2, 0.25) is 10.0 Å². The maximum atomic E-state index is 12.9. The van der Waals surface area contributed by atoms with Gasteiger partial charge in [-0.3, -0.25) is 10.1 Å². The van der Waals surface area contributed by atoms with Gasteiger partial charge in [-0.25, -0.2) is 13.4 Å². The minimum absolute atomic E-state index is 0.0637. The summed E-state index contributed by atoms with van der Waals surface area (Å²) in [6.45, 7) is 1.54. The molecule has 4 rings (SSSR count). The molecule has 0 saturated carbocycles. The Hall–Kier alpha value is -3.02. The summed E-state index contributed by atoms with van der Waals surface area (Å²) in [5.41, 5.74) is 1.60. The molecule has 0 N–H and O–H groups in total. The molecule has 11 heteroatoms. The van der Waals surface area contributed by atoms with Crippen LogP contribution in [0.5, 0.6) is 5.75 Å². The van der Waals surface area contributed by atoms with Crippen molar-refractivity contribution < 1.29 is 18.1 Å². The topological polar surface area (TPSA) is 106 Å². The normalized spacial score (nSPS) is 15.1. The van der Waals surface area contributed by atoms with Crippen LogP contribution in [0.3, 0.4) is 0 Å². The minimum Gasteiger partial charge on any atom is -0.497 e. The first-order chi connectivity index (χ1) is 14.9. The Morgan fingerprint density at radius 3 is 2.45 bits per heavy atom. The van der Waals surface area contributed by atoms with Crippen molar-refractivity contribution in [3.63, 3.8) is 0 Å². The van der Waals surface area contributed by atoms with Crippen molar-refractivity contribution in [2.24, 2.45) is 0 Å². The molecular weight excluding hydrogens is 440 g/mol. The molecule has 1 aliphatic heterocycles. The summed E-state index contributed by atoms with van der Waals surface area (Å²) in [6.07, 6.45) is 0. The van der Waals surface area contributed by atoms with E-state index in [-0.39, 0.29) is 23.7 Å². The Kier molecular flexibility index (Phi) is 5.90. The van der Waals surface area contributed by atoms with E-state index < -0.39 is 14.9 Å². The van der Waals surface area contributed by atoms with Crippen LogP contribution in [0.4, 0.5) is 10.8 Å². The van der Waals surface area contributed by atoms with Gasteiger partial charge in [0.25, 0.3) is 5.69 Å². The second-order valence-electron chi connectivity index (χ2n) is 6.89. The number of anilines is 1. The van der Waals surface area contributed by atoms with E-state index >= 15 is 0 Å². The maximum absolute atomic E-state index is 12.9. The average Bonchev–Trinajstić information content (AvgIpc) is 3.29. The Morgan fingerprint density at radius 1 is 1.10 bits per heavy atom. The minimum atomic E-state index is -3.79. The highest BCUT2D eigenvalue weighted by Gasteiger charge is 2.30. The number of rotatable bonds is 6. The number of nitrogens with zero attached hydrogens (tertiary/aromatic N) is 4. The van der Waals surface area contributed by atoms with E-state index in [4.69, 9.17) is 9.72 Å². The first-order valence-electron chi connectivity index (χ1n) is 9.48. The summed E-state index contributed by atoms with van der Waals surface area (Å²) in [4.78, 5) is 17.1. The van der Waals surface area contributed by atoms with Crippen LogP contribution in [0.15, 0.2) is 58.8 Å². The second-order valence-corrected chi connectivity index (χ2v) is 9.66. The molecule has 3 aromatic rings. The van der Waals surface area contributed by atoms with Gasteiger partial charge in [-0.1, -0.05) is 6.07 Å². The fourth-order valence-corrected chi connectivity index (χ4v) is 5.68. The lowest BCUT2D eigenvalue weighted by Crippen LogP contribution is -2.48. The van der Waals surface area contributed by atoms with Crippen molar-refractivity contribution in [3.8, 4) is 17.0 Å². The Bertz CT molecular complexity index is 1190. The molecule has 0 radical (unpaired) electrons.